The number of nitrogens with one attached hydrogen (secondary N) is 1. The number of likely N-dealkylation sites (tertiary alicyclic amines) is 1. The summed E-state index contributed by atoms with van der Waals surface area (Å²) in [7, 11) is 0. The molecule has 1 saturated carbocycles. The number of carbonyl (C=O) groups excluding carboxylic acids is 1. The second-order valence-electron chi connectivity index (χ2n) is 8.71. The van der Waals surface area contributed by atoms with E-state index in [9.17, 15) is 4.79 Å². The molecule has 2 aromatic heterocycles. The number of hydrogen-bond donors (Lipinski definition) is 1. The second kappa shape index (κ2) is 9.56. The Labute approximate surface area is 179 Å². The van der Waals surface area contributed by atoms with Crippen LogP contribution >= 0.6 is 0 Å². The molecule has 1 atom stereocenters. The number of piperidine rings is 1. The van der Waals surface area contributed by atoms with Crippen LogP contribution in [0.15, 0.2) is 43.2 Å². The summed E-state index contributed by atoms with van der Waals surface area (Å²) < 4.78 is 2.00. The first-order valence-corrected chi connectivity index (χ1v) is 11.2. The van der Waals surface area contributed by atoms with Crippen molar-refractivity contribution >= 4 is 5.91 Å². The van der Waals surface area contributed by atoms with Gasteiger partial charge >= 0.3 is 0 Å². The van der Waals surface area contributed by atoms with Gasteiger partial charge in [-0.05, 0) is 63.7 Å². The molecule has 1 aliphatic carbocycles. The number of rotatable bonds is 8. The van der Waals surface area contributed by atoms with Gasteiger partial charge in [0, 0.05) is 29.9 Å². The van der Waals surface area contributed by atoms with Gasteiger partial charge in [-0.2, -0.15) is 5.10 Å². The molecule has 1 N–H and O–H groups in total. The third-order valence-electron chi connectivity index (χ3n) is 6.78. The van der Waals surface area contributed by atoms with Crippen molar-refractivity contribution < 1.29 is 4.79 Å². The number of pyridine rings is 1. The van der Waals surface area contributed by atoms with Crippen molar-refractivity contribution in [2.24, 2.45) is 11.8 Å². The Morgan fingerprint density at radius 1 is 1.30 bits per heavy atom. The van der Waals surface area contributed by atoms with Crippen LogP contribution in [0.4, 0.5) is 0 Å². The maximum atomic E-state index is 12.7. The van der Waals surface area contributed by atoms with E-state index in [1.807, 2.05) is 35.3 Å². The zero-order valence-electron chi connectivity index (χ0n) is 18.0. The van der Waals surface area contributed by atoms with Crippen LogP contribution < -0.4 is 5.32 Å². The Morgan fingerprint density at radius 3 is 2.73 bits per heavy atom. The SMILES string of the molecule is C=CCn1ncc(CN2CCC([C@@H](NC(=O)C3CCC3)c3ccccn3)CC2)c1C. The van der Waals surface area contributed by atoms with E-state index >= 15 is 0 Å². The molecule has 0 spiro atoms. The van der Waals surface area contributed by atoms with Gasteiger partial charge in [-0.1, -0.05) is 18.6 Å². The first-order valence-electron chi connectivity index (χ1n) is 11.2. The lowest BCUT2D eigenvalue weighted by atomic mass is 9.83. The summed E-state index contributed by atoms with van der Waals surface area (Å²) in [6.07, 6.45) is 11.0. The third-order valence-corrected chi connectivity index (χ3v) is 6.78. The Balaban J connectivity index is 1.38. The average Bonchev–Trinajstić information content (AvgIpc) is 3.06. The number of hydrogen-bond acceptors (Lipinski definition) is 4. The summed E-state index contributed by atoms with van der Waals surface area (Å²) in [5.74, 6) is 0.834. The van der Waals surface area contributed by atoms with Crippen LogP contribution in [0.5, 0.6) is 0 Å². The molecule has 1 amide bonds. The van der Waals surface area contributed by atoms with Gasteiger partial charge in [0.05, 0.1) is 24.5 Å². The molecule has 2 fully saturated rings. The maximum Gasteiger partial charge on any atom is 0.223 e. The predicted octanol–water partition coefficient (Wildman–Crippen LogP) is 3.64. The Kier molecular flexibility index (Phi) is 6.62. The highest BCUT2D eigenvalue weighted by Crippen LogP contribution is 2.33. The number of amides is 1. The first-order chi connectivity index (χ1) is 14.7. The van der Waals surface area contributed by atoms with Gasteiger partial charge in [-0.3, -0.25) is 19.4 Å². The summed E-state index contributed by atoms with van der Waals surface area (Å²) >= 11 is 0. The molecule has 160 valence electrons. The molecular weight excluding hydrogens is 374 g/mol. The van der Waals surface area contributed by atoms with Gasteiger partial charge in [-0.25, -0.2) is 0 Å². The smallest absolute Gasteiger partial charge is 0.223 e. The number of allylic oxidation sites excluding steroid dienone is 1. The van der Waals surface area contributed by atoms with Crippen LogP contribution in [0.3, 0.4) is 0 Å². The topological polar surface area (TPSA) is 63.1 Å². The summed E-state index contributed by atoms with van der Waals surface area (Å²) in [6, 6.07) is 6.02. The van der Waals surface area contributed by atoms with Crippen molar-refractivity contribution in [3.8, 4) is 0 Å². The molecule has 1 saturated heterocycles. The van der Waals surface area contributed by atoms with Gasteiger partial charge in [0.1, 0.15) is 0 Å². The van der Waals surface area contributed by atoms with Crippen molar-refractivity contribution in [2.75, 3.05) is 13.1 Å². The lowest BCUT2D eigenvalue weighted by Crippen LogP contribution is -2.43. The number of nitrogens with zero attached hydrogens (tertiary/aromatic N) is 4. The molecule has 6 heteroatoms. The van der Waals surface area contributed by atoms with E-state index in [2.05, 4.69) is 39.9 Å². The van der Waals surface area contributed by atoms with Crippen LogP contribution in [0.2, 0.25) is 0 Å². The molecular formula is C24H33N5O. The molecule has 1 aliphatic heterocycles. The molecule has 2 aliphatic rings. The van der Waals surface area contributed by atoms with Crippen molar-refractivity contribution in [1.82, 2.24) is 25.0 Å². The maximum absolute atomic E-state index is 12.7. The van der Waals surface area contributed by atoms with Crippen molar-refractivity contribution in [2.45, 2.75) is 58.2 Å². The molecule has 0 bridgehead atoms. The van der Waals surface area contributed by atoms with E-state index in [-0.39, 0.29) is 17.9 Å². The molecule has 2 aromatic rings. The van der Waals surface area contributed by atoms with E-state index in [0.29, 0.717) is 5.92 Å². The minimum absolute atomic E-state index is 0.0125. The van der Waals surface area contributed by atoms with Crippen LogP contribution in [0, 0.1) is 18.8 Å². The Bertz CT molecular complexity index is 850. The third kappa shape index (κ3) is 4.64. The quantitative estimate of drug-likeness (QED) is 0.679. The van der Waals surface area contributed by atoms with Gasteiger partial charge in [0.2, 0.25) is 5.91 Å². The normalized spacial score (nSPS) is 19.2. The predicted molar refractivity (Wildman–Crippen MR) is 118 cm³/mol. The summed E-state index contributed by atoms with van der Waals surface area (Å²) in [5, 5.41) is 7.83. The second-order valence-corrected chi connectivity index (χ2v) is 8.71. The minimum Gasteiger partial charge on any atom is -0.347 e. The molecule has 0 radical (unpaired) electrons. The van der Waals surface area contributed by atoms with Crippen LogP contribution in [0.25, 0.3) is 0 Å². The van der Waals surface area contributed by atoms with Gasteiger partial charge < -0.3 is 5.32 Å². The number of carbonyl (C=O) groups is 1. The molecule has 0 aromatic carbocycles. The zero-order chi connectivity index (χ0) is 20.9. The van der Waals surface area contributed by atoms with Crippen molar-refractivity contribution in [3.63, 3.8) is 0 Å². The van der Waals surface area contributed by atoms with E-state index < -0.39 is 0 Å². The zero-order valence-corrected chi connectivity index (χ0v) is 18.0. The van der Waals surface area contributed by atoms with Gasteiger partial charge in [0.15, 0.2) is 0 Å². The summed E-state index contributed by atoms with van der Waals surface area (Å²) in [5.41, 5.74) is 3.50. The lowest BCUT2D eigenvalue weighted by Gasteiger charge is -2.37. The van der Waals surface area contributed by atoms with E-state index in [4.69, 9.17) is 0 Å². The summed E-state index contributed by atoms with van der Waals surface area (Å²) in [6.45, 7) is 9.67. The standard InChI is InChI=1S/C24H33N5O/c1-3-13-29-18(2)21(16-26-29)17-28-14-10-19(11-15-28)23(22-9-4-5-12-25-22)27-24(30)20-7-6-8-20/h3-5,9,12,16,19-20,23H,1,6-8,10-11,13-15,17H2,2H3,(H,27,30)/t23-/m1/s1. The fourth-order valence-electron chi connectivity index (χ4n) is 4.57. The van der Waals surface area contributed by atoms with E-state index in [1.54, 1.807) is 0 Å². The molecule has 3 heterocycles. The van der Waals surface area contributed by atoms with E-state index in [0.717, 1.165) is 57.6 Å². The van der Waals surface area contributed by atoms with Gasteiger partial charge in [0.25, 0.3) is 0 Å². The molecule has 4 rings (SSSR count). The number of aromatic nitrogens is 3. The lowest BCUT2D eigenvalue weighted by molar-refractivity contribution is -0.128. The minimum atomic E-state index is 0.0125. The molecule has 6 nitrogen and oxygen atoms in total. The summed E-state index contributed by atoms with van der Waals surface area (Å²) in [4.78, 5) is 19.8. The highest BCUT2D eigenvalue weighted by Gasteiger charge is 2.33. The monoisotopic (exact) mass is 407 g/mol. The van der Waals surface area contributed by atoms with Crippen LogP contribution in [0.1, 0.15) is 55.1 Å². The first kappa shape index (κ1) is 20.8. The van der Waals surface area contributed by atoms with Crippen molar-refractivity contribution in [3.05, 3.63) is 60.2 Å². The Hall–Kier alpha value is -2.47. The van der Waals surface area contributed by atoms with Gasteiger partial charge in [-0.15, -0.1) is 6.58 Å². The van der Waals surface area contributed by atoms with E-state index in [1.165, 1.54) is 17.7 Å². The molecule has 30 heavy (non-hydrogen) atoms. The highest BCUT2D eigenvalue weighted by molar-refractivity contribution is 5.79. The largest absolute Gasteiger partial charge is 0.347 e. The fraction of sp³-hybridized carbons (Fsp3) is 0.542. The highest BCUT2D eigenvalue weighted by atomic mass is 16.2. The molecule has 0 unspecified atom stereocenters. The fourth-order valence-corrected chi connectivity index (χ4v) is 4.57. The average molecular weight is 408 g/mol. The van der Waals surface area contributed by atoms with Crippen molar-refractivity contribution in [1.29, 1.82) is 0 Å². The van der Waals surface area contributed by atoms with Crippen LogP contribution in [-0.2, 0) is 17.9 Å². The van der Waals surface area contributed by atoms with Crippen LogP contribution in [-0.4, -0.2) is 38.7 Å². The Morgan fingerprint density at radius 2 is 2.10 bits per heavy atom.